The zero-order chi connectivity index (χ0) is 11.7. The number of benzene rings is 1. The molecule has 1 aromatic carbocycles. The lowest BCUT2D eigenvalue weighted by atomic mass is 9.86. The molecule has 0 aromatic heterocycles. The van der Waals surface area contributed by atoms with E-state index in [1.54, 1.807) is 0 Å². The first-order valence-corrected chi connectivity index (χ1v) is 6.11. The molecular formula is C15H16O2. The van der Waals surface area contributed by atoms with Gasteiger partial charge in [0.1, 0.15) is 11.9 Å². The summed E-state index contributed by atoms with van der Waals surface area (Å²) >= 11 is 0. The van der Waals surface area contributed by atoms with Crippen molar-refractivity contribution in [3.05, 3.63) is 59.9 Å². The predicted octanol–water partition coefficient (Wildman–Crippen LogP) is 2.97. The van der Waals surface area contributed by atoms with Crippen molar-refractivity contribution in [3.8, 4) is 0 Å². The molecule has 3 atom stereocenters. The standard InChI is InChI=1S/C15H16O2/c16-13-10-12-8-4-5-9-14(12)17-15(13)11-6-2-1-3-7-11/h1-7,9,12-13,15-16H,8,10H2. The van der Waals surface area contributed by atoms with Crippen molar-refractivity contribution in [3.63, 3.8) is 0 Å². The second-order valence-corrected chi connectivity index (χ2v) is 4.68. The maximum absolute atomic E-state index is 10.2. The Morgan fingerprint density at radius 2 is 2.00 bits per heavy atom. The first kappa shape index (κ1) is 10.6. The minimum Gasteiger partial charge on any atom is -0.487 e. The van der Waals surface area contributed by atoms with Crippen LogP contribution in [0, 0.1) is 5.92 Å². The summed E-state index contributed by atoms with van der Waals surface area (Å²) in [4.78, 5) is 0. The summed E-state index contributed by atoms with van der Waals surface area (Å²) in [6.07, 6.45) is 7.32. The maximum atomic E-state index is 10.2. The topological polar surface area (TPSA) is 29.5 Å². The van der Waals surface area contributed by atoms with Gasteiger partial charge in [0, 0.05) is 5.92 Å². The molecule has 2 nitrogen and oxygen atoms in total. The van der Waals surface area contributed by atoms with Gasteiger partial charge in [0.05, 0.1) is 6.10 Å². The summed E-state index contributed by atoms with van der Waals surface area (Å²) in [5, 5.41) is 10.2. The molecule has 1 heterocycles. The average Bonchev–Trinajstić information content (AvgIpc) is 2.39. The summed E-state index contributed by atoms with van der Waals surface area (Å²) in [7, 11) is 0. The van der Waals surface area contributed by atoms with Crippen LogP contribution >= 0.6 is 0 Å². The van der Waals surface area contributed by atoms with Crippen molar-refractivity contribution in [2.75, 3.05) is 0 Å². The van der Waals surface area contributed by atoms with Crippen molar-refractivity contribution < 1.29 is 9.84 Å². The Morgan fingerprint density at radius 1 is 1.18 bits per heavy atom. The van der Waals surface area contributed by atoms with Crippen molar-refractivity contribution in [1.29, 1.82) is 0 Å². The van der Waals surface area contributed by atoms with Crippen LogP contribution in [0.1, 0.15) is 24.5 Å². The van der Waals surface area contributed by atoms with Gasteiger partial charge in [0.2, 0.25) is 0 Å². The fourth-order valence-electron chi connectivity index (χ4n) is 2.58. The third kappa shape index (κ3) is 2.01. The van der Waals surface area contributed by atoms with Gasteiger partial charge in [-0.1, -0.05) is 42.5 Å². The highest BCUT2D eigenvalue weighted by molar-refractivity contribution is 5.24. The number of allylic oxidation sites excluding steroid dienone is 4. The van der Waals surface area contributed by atoms with Crippen LogP contribution in [0.3, 0.4) is 0 Å². The predicted molar refractivity (Wildman–Crippen MR) is 66.2 cm³/mol. The van der Waals surface area contributed by atoms with Crippen LogP contribution in [0.5, 0.6) is 0 Å². The highest BCUT2D eigenvalue weighted by Crippen LogP contribution is 2.39. The van der Waals surface area contributed by atoms with E-state index >= 15 is 0 Å². The molecule has 1 aliphatic carbocycles. The van der Waals surface area contributed by atoms with Gasteiger partial charge in [-0.3, -0.25) is 0 Å². The number of aliphatic hydroxyl groups is 1. The smallest absolute Gasteiger partial charge is 0.149 e. The lowest BCUT2D eigenvalue weighted by Gasteiger charge is -2.36. The molecule has 3 rings (SSSR count). The van der Waals surface area contributed by atoms with E-state index in [0.29, 0.717) is 5.92 Å². The van der Waals surface area contributed by atoms with Crippen LogP contribution < -0.4 is 0 Å². The second kappa shape index (κ2) is 4.38. The average molecular weight is 228 g/mol. The molecule has 0 amide bonds. The summed E-state index contributed by atoms with van der Waals surface area (Å²) < 4.78 is 5.95. The SMILES string of the molecule is OC1CC2CC=CC=C2OC1c1ccccc1. The quantitative estimate of drug-likeness (QED) is 0.800. The lowest BCUT2D eigenvalue weighted by Crippen LogP contribution is -2.31. The molecular weight excluding hydrogens is 212 g/mol. The molecule has 0 spiro atoms. The minimum absolute atomic E-state index is 0.217. The Balaban J connectivity index is 1.87. The molecule has 1 aromatic rings. The first-order valence-electron chi connectivity index (χ1n) is 6.11. The first-order chi connectivity index (χ1) is 8.34. The van der Waals surface area contributed by atoms with Gasteiger partial charge in [0.25, 0.3) is 0 Å². The van der Waals surface area contributed by atoms with Gasteiger partial charge in [-0.05, 0) is 24.5 Å². The van der Waals surface area contributed by atoms with Gasteiger partial charge < -0.3 is 9.84 Å². The fourth-order valence-corrected chi connectivity index (χ4v) is 2.58. The molecule has 1 aliphatic heterocycles. The van der Waals surface area contributed by atoms with E-state index in [9.17, 15) is 5.11 Å². The summed E-state index contributed by atoms with van der Waals surface area (Å²) in [6, 6.07) is 9.95. The van der Waals surface area contributed by atoms with Crippen LogP contribution in [-0.2, 0) is 4.74 Å². The Labute approximate surface area is 101 Å². The molecule has 88 valence electrons. The molecule has 17 heavy (non-hydrogen) atoms. The normalized spacial score (nSPS) is 31.4. The Bertz CT molecular complexity index is 447. The van der Waals surface area contributed by atoms with Gasteiger partial charge >= 0.3 is 0 Å². The second-order valence-electron chi connectivity index (χ2n) is 4.68. The van der Waals surface area contributed by atoms with Crippen LogP contribution in [0.15, 0.2) is 54.3 Å². The number of hydrogen-bond donors (Lipinski definition) is 1. The van der Waals surface area contributed by atoms with E-state index < -0.39 is 6.10 Å². The third-order valence-electron chi connectivity index (χ3n) is 3.49. The molecule has 1 saturated heterocycles. The fraction of sp³-hybridized carbons (Fsp3) is 0.333. The molecule has 0 saturated carbocycles. The zero-order valence-electron chi connectivity index (χ0n) is 9.62. The molecule has 0 bridgehead atoms. The largest absolute Gasteiger partial charge is 0.487 e. The summed E-state index contributed by atoms with van der Waals surface area (Å²) in [5.41, 5.74) is 1.05. The minimum atomic E-state index is -0.411. The van der Waals surface area contributed by atoms with E-state index in [1.165, 1.54) is 0 Å². The third-order valence-corrected chi connectivity index (χ3v) is 3.49. The van der Waals surface area contributed by atoms with E-state index in [4.69, 9.17) is 4.74 Å². The summed E-state index contributed by atoms with van der Waals surface area (Å²) in [6.45, 7) is 0. The molecule has 1 N–H and O–H groups in total. The lowest BCUT2D eigenvalue weighted by molar-refractivity contribution is -0.0602. The highest BCUT2D eigenvalue weighted by Gasteiger charge is 2.34. The number of aliphatic hydroxyl groups excluding tert-OH is 1. The molecule has 3 unspecified atom stereocenters. The van der Waals surface area contributed by atoms with Gasteiger partial charge in [0.15, 0.2) is 0 Å². The summed E-state index contributed by atoms with van der Waals surface area (Å²) in [5.74, 6) is 1.38. The van der Waals surface area contributed by atoms with Gasteiger partial charge in [-0.25, -0.2) is 0 Å². The van der Waals surface area contributed by atoms with Crippen molar-refractivity contribution in [1.82, 2.24) is 0 Å². The van der Waals surface area contributed by atoms with Crippen molar-refractivity contribution in [2.45, 2.75) is 25.0 Å². The van der Waals surface area contributed by atoms with Crippen LogP contribution in [-0.4, -0.2) is 11.2 Å². The van der Waals surface area contributed by atoms with Crippen molar-refractivity contribution in [2.24, 2.45) is 5.92 Å². The van der Waals surface area contributed by atoms with Crippen LogP contribution in [0.2, 0.25) is 0 Å². The Kier molecular flexibility index (Phi) is 2.73. The van der Waals surface area contributed by atoms with Crippen LogP contribution in [0.4, 0.5) is 0 Å². The molecule has 1 fully saturated rings. The van der Waals surface area contributed by atoms with Gasteiger partial charge in [-0.2, -0.15) is 0 Å². The number of hydrogen-bond acceptors (Lipinski definition) is 2. The molecule has 2 heteroatoms. The van der Waals surface area contributed by atoms with E-state index in [1.807, 2.05) is 42.5 Å². The van der Waals surface area contributed by atoms with E-state index in [0.717, 1.165) is 24.2 Å². The van der Waals surface area contributed by atoms with Gasteiger partial charge in [-0.15, -0.1) is 0 Å². The highest BCUT2D eigenvalue weighted by atomic mass is 16.5. The Hall–Kier alpha value is -1.54. The monoisotopic (exact) mass is 228 g/mol. The van der Waals surface area contributed by atoms with Crippen molar-refractivity contribution >= 4 is 0 Å². The van der Waals surface area contributed by atoms with Crippen LogP contribution in [0.25, 0.3) is 0 Å². The number of ether oxygens (including phenoxy) is 1. The molecule has 2 aliphatic rings. The zero-order valence-corrected chi connectivity index (χ0v) is 9.62. The maximum Gasteiger partial charge on any atom is 0.149 e. The Morgan fingerprint density at radius 3 is 2.82 bits per heavy atom. The van der Waals surface area contributed by atoms with E-state index in [2.05, 4.69) is 6.08 Å². The number of fused-ring (bicyclic) bond motifs is 1. The molecule has 0 radical (unpaired) electrons. The van der Waals surface area contributed by atoms with E-state index in [-0.39, 0.29) is 6.10 Å². The number of rotatable bonds is 1.